The monoisotopic (exact) mass is 1500 g/mol. The Hall–Kier alpha value is -15.4. The molecule has 0 saturated heterocycles. The molecule has 18 aromatic carbocycles. The maximum atomic E-state index is 5.46. The van der Waals surface area contributed by atoms with E-state index in [2.05, 4.69) is 437 Å². The Labute approximate surface area is 683 Å². The number of fused-ring (bicyclic) bond motifs is 16. The fourth-order valence-corrected chi connectivity index (χ4v) is 19.8. The predicted octanol–water partition coefficient (Wildman–Crippen LogP) is 28.9. The Bertz CT molecular complexity index is 7700. The average Bonchev–Trinajstić information content (AvgIpc) is 1.53. The van der Waals surface area contributed by atoms with Crippen LogP contribution in [0.3, 0.4) is 0 Å². The summed E-state index contributed by atoms with van der Waals surface area (Å²) in [7, 11) is 0. The Morgan fingerprint density at radius 3 is 0.992 bits per heavy atom. The predicted molar refractivity (Wildman–Crippen MR) is 491 cm³/mol. The largest absolute Gasteiger partial charge is 0.245 e. The Morgan fingerprint density at radius 2 is 0.492 bits per heavy atom. The summed E-state index contributed by atoms with van der Waals surface area (Å²) >= 11 is 0. The topological polar surface area (TPSA) is 51.6 Å². The van der Waals surface area contributed by atoms with Crippen LogP contribution in [0.2, 0.25) is 0 Å². The van der Waals surface area contributed by atoms with Crippen molar-refractivity contribution in [3.05, 3.63) is 481 Å². The summed E-state index contributed by atoms with van der Waals surface area (Å²) in [6, 6.07) is 159. The van der Waals surface area contributed by atoms with Gasteiger partial charge in [-0.3, -0.25) is 0 Å². The summed E-state index contributed by atoms with van der Waals surface area (Å²) in [6.07, 6.45) is 0. The SMILES string of the molecule is c1ccc(-c2c3ccccc3nc3c2ccc2ccc(-c4ccc(-c5ccc6c(c5)C(c5ccccc5)(c5ccccc5)c5ccccc5-6)c5ccccc45)nc23)cc1.c1ccc(-c2c3ccccc3nc3c2ccc2ccc(-c4ccc5cc(-c6ccc7c(c6)C(c6ccccc6)(c6ccccc6)c6ccccc6-7)ccc5c4)nc23)cc1. The number of para-hydroxylation sites is 2. The van der Waals surface area contributed by atoms with Crippen molar-refractivity contribution in [1.29, 1.82) is 0 Å². The zero-order chi connectivity index (χ0) is 77.8. The lowest BCUT2D eigenvalue weighted by Gasteiger charge is -2.34. The Balaban J connectivity index is 0.000000138. The fraction of sp³-hybridized carbons (Fsp3) is 0.0175. The summed E-state index contributed by atoms with van der Waals surface area (Å²) < 4.78 is 0. The van der Waals surface area contributed by atoms with Crippen LogP contribution >= 0.6 is 0 Å². The van der Waals surface area contributed by atoms with Crippen LogP contribution in [0.25, 0.3) is 176 Å². The Morgan fingerprint density at radius 1 is 0.161 bits per heavy atom. The van der Waals surface area contributed by atoms with Gasteiger partial charge in [-0.2, -0.15) is 0 Å². The van der Waals surface area contributed by atoms with Gasteiger partial charge >= 0.3 is 0 Å². The van der Waals surface area contributed by atoms with Gasteiger partial charge in [-0.1, -0.05) is 388 Å². The highest BCUT2D eigenvalue weighted by Gasteiger charge is 2.48. The molecule has 0 spiro atoms. The molecule has 4 heteroatoms. The average molecular weight is 1500 g/mol. The van der Waals surface area contributed by atoms with Gasteiger partial charge in [0.25, 0.3) is 0 Å². The molecule has 0 N–H and O–H groups in total. The lowest BCUT2D eigenvalue weighted by atomic mass is 9.67. The van der Waals surface area contributed by atoms with Gasteiger partial charge in [0.15, 0.2) is 0 Å². The van der Waals surface area contributed by atoms with Crippen molar-refractivity contribution in [2.75, 3.05) is 0 Å². The molecule has 4 nitrogen and oxygen atoms in total. The quantitative estimate of drug-likeness (QED) is 0.101. The number of aromatic nitrogens is 4. The first-order valence-corrected chi connectivity index (χ1v) is 40.6. The summed E-state index contributed by atoms with van der Waals surface area (Å²) in [5, 5.41) is 11.4. The van der Waals surface area contributed by atoms with Gasteiger partial charge in [-0.25, -0.2) is 19.9 Å². The van der Waals surface area contributed by atoms with E-state index in [4.69, 9.17) is 19.9 Å². The molecule has 0 fully saturated rings. The van der Waals surface area contributed by atoms with Gasteiger partial charge in [-0.15, -0.1) is 0 Å². The number of pyridine rings is 4. The van der Waals surface area contributed by atoms with Crippen molar-refractivity contribution in [1.82, 2.24) is 19.9 Å². The second-order valence-corrected chi connectivity index (χ2v) is 31.3. The van der Waals surface area contributed by atoms with Crippen molar-refractivity contribution < 1.29 is 0 Å². The van der Waals surface area contributed by atoms with Crippen LogP contribution < -0.4 is 0 Å². The molecular weight excluding hydrogens is 1430 g/mol. The summed E-state index contributed by atoms with van der Waals surface area (Å²) in [5.74, 6) is 0. The van der Waals surface area contributed by atoms with E-state index < -0.39 is 10.8 Å². The van der Waals surface area contributed by atoms with Crippen LogP contribution in [-0.2, 0) is 10.8 Å². The molecule has 0 amide bonds. The second kappa shape index (κ2) is 27.7. The lowest BCUT2D eigenvalue weighted by Crippen LogP contribution is -2.28. The minimum absolute atomic E-state index is 0.430. The van der Waals surface area contributed by atoms with Crippen molar-refractivity contribution >= 4 is 87.0 Å². The normalized spacial score (nSPS) is 12.9. The zero-order valence-electron chi connectivity index (χ0n) is 64.4. The van der Waals surface area contributed by atoms with Gasteiger partial charge in [0, 0.05) is 54.6 Å². The van der Waals surface area contributed by atoms with E-state index in [1.807, 2.05) is 0 Å². The summed E-state index contributed by atoms with van der Waals surface area (Å²) in [6.45, 7) is 0. The molecule has 2 aliphatic carbocycles. The van der Waals surface area contributed by atoms with Crippen LogP contribution in [0.4, 0.5) is 0 Å². The molecule has 22 aromatic rings. The highest BCUT2D eigenvalue weighted by Crippen LogP contribution is 2.59. The second-order valence-electron chi connectivity index (χ2n) is 31.3. The minimum atomic E-state index is -0.461. The molecule has 0 radical (unpaired) electrons. The van der Waals surface area contributed by atoms with Crippen LogP contribution in [-0.4, -0.2) is 19.9 Å². The van der Waals surface area contributed by atoms with Crippen molar-refractivity contribution in [3.63, 3.8) is 0 Å². The van der Waals surface area contributed by atoms with Crippen LogP contribution in [0.1, 0.15) is 44.5 Å². The highest BCUT2D eigenvalue weighted by atomic mass is 14.8. The van der Waals surface area contributed by atoms with Crippen LogP contribution in [0, 0.1) is 0 Å². The van der Waals surface area contributed by atoms with Gasteiger partial charge in [0.2, 0.25) is 0 Å². The van der Waals surface area contributed by atoms with Crippen LogP contribution in [0.15, 0.2) is 437 Å². The van der Waals surface area contributed by atoms with E-state index in [0.29, 0.717) is 0 Å². The van der Waals surface area contributed by atoms with Crippen LogP contribution in [0.5, 0.6) is 0 Å². The van der Waals surface area contributed by atoms with Gasteiger partial charge in [-0.05, 0) is 170 Å². The molecule has 0 unspecified atom stereocenters. The number of nitrogens with zero attached hydrogens (tertiary/aromatic N) is 4. The number of hydrogen-bond donors (Lipinski definition) is 0. The van der Waals surface area contributed by atoms with Gasteiger partial charge in [0.05, 0.1) is 55.3 Å². The number of hydrogen-bond acceptors (Lipinski definition) is 4. The van der Waals surface area contributed by atoms with Crippen molar-refractivity contribution in [2.45, 2.75) is 10.8 Å². The molecule has 24 rings (SSSR count). The maximum absolute atomic E-state index is 5.46. The van der Waals surface area contributed by atoms with Crippen molar-refractivity contribution in [2.24, 2.45) is 0 Å². The van der Waals surface area contributed by atoms with E-state index in [0.717, 1.165) is 87.9 Å². The third-order valence-corrected chi connectivity index (χ3v) is 25.0. The van der Waals surface area contributed by atoms with E-state index in [1.54, 1.807) is 0 Å². The third kappa shape index (κ3) is 10.8. The maximum Gasteiger partial charge on any atom is 0.0978 e. The first-order valence-electron chi connectivity index (χ1n) is 40.6. The minimum Gasteiger partial charge on any atom is -0.245 e. The fourth-order valence-electron chi connectivity index (χ4n) is 19.8. The Kier molecular flexibility index (Phi) is 16.0. The van der Waals surface area contributed by atoms with E-state index in [1.165, 1.54) is 133 Å². The number of rotatable bonds is 10. The van der Waals surface area contributed by atoms with E-state index in [9.17, 15) is 0 Å². The first kappa shape index (κ1) is 68.3. The molecule has 2 aliphatic rings. The van der Waals surface area contributed by atoms with E-state index >= 15 is 0 Å². The van der Waals surface area contributed by atoms with Crippen molar-refractivity contribution in [3.8, 4) is 89.3 Å². The van der Waals surface area contributed by atoms with Gasteiger partial charge < -0.3 is 0 Å². The molecule has 4 heterocycles. The first-order chi connectivity index (χ1) is 58.5. The molecule has 548 valence electrons. The molecule has 0 aliphatic heterocycles. The molecule has 118 heavy (non-hydrogen) atoms. The smallest absolute Gasteiger partial charge is 0.0978 e. The molecule has 0 saturated carbocycles. The molecule has 4 aromatic heterocycles. The standard InChI is InChI=1S/2C57H36N2/c1-4-14-37(15-5-1)54-48-21-11-13-23-53(48)59-56-49(54)32-28-38-30-33-52(58-55(38)56)43-27-26-39-34-40(24-25-41(39)35-43)42-29-31-47-46-20-10-12-22-50(46)57(51(47)36-42,44-16-6-2-7-17-44)45-18-8-3-9-19-45;1-4-16-37(17-5-1)54-48-25-13-15-27-52(48)59-56-49(54)32-28-38-30-35-53(58-55(38)56)47-34-33-42(43-22-10-11-23-44(43)47)39-29-31-46-45-24-12-14-26-50(45)57(51(46)36-39,40-18-6-2-7-19-40)41-20-8-3-9-21-41/h2*1-36H. The summed E-state index contributed by atoms with van der Waals surface area (Å²) in [5.41, 5.74) is 33.8. The lowest BCUT2D eigenvalue weighted by molar-refractivity contribution is 0.769. The summed E-state index contributed by atoms with van der Waals surface area (Å²) in [4.78, 5) is 21.3. The highest BCUT2D eigenvalue weighted by molar-refractivity contribution is 6.18. The van der Waals surface area contributed by atoms with Gasteiger partial charge in [0.1, 0.15) is 0 Å². The third-order valence-electron chi connectivity index (χ3n) is 25.0. The molecular formula is C114H72N4. The van der Waals surface area contributed by atoms with E-state index in [-0.39, 0.29) is 0 Å². The number of benzene rings is 18. The molecule has 0 atom stereocenters. The zero-order valence-corrected chi connectivity index (χ0v) is 64.4. The molecule has 0 bridgehead atoms.